The van der Waals surface area contributed by atoms with Crippen LogP contribution in [0.3, 0.4) is 0 Å². The van der Waals surface area contributed by atoms with Gasteiger partial charge in [-0.3, -0.25) is 0 Å². The first-order valence-corrected chi connectivity index (χ1v) is 10.3. The van der Waals surface area contributed by atoms with Crippen LogP contribution in [-0.4, -0.2) is 52.7 Å². The van der Waals surface area contributed by atoms with Crippen LogP contribution in [0.15, 0.2) is 35.4 Å². The fourth-order valence-electron chi connectivity index (χ4n) is 3.06. The summed E-state index contributed by atoms with van der Waals surface area (Å²) in [6.07, 6.45) is 2.38. The van der Waals surface area contributed by atoms with Gasteiger partial charge in [0.2, 0.25) is 5.95 Å². The van der Waals surface area contributed by atoms with Crippen molar-refractivity contribution in [3.63, 3.8) is 0 Å². The molecule has 3 aromatic rings. The van der Waals surface area contributed by atoms with E-state index in [9.17, 15) is 0 Å². The third-order valence-corrected chi connectivity index (χ3v) is 5.26. The third kappa shape index (κ3) is 5.33. The van der Waals surface area contributed by atoms with Gasteiger partial charge in [-0.1, -0.05) is 29.8 Å². The highest BCUT2D eigenvalue weighted by Gasteiger charge is 2.16. The third-order valence-electron chi connectivity index (χ3n) is 4.42. The lowest BCUT2D eigenvalue weighted by molar-refractivity contribution is 0.122. The smallest absolute Gasteiger partial charge is 0.245 e. The van der Waals surface area contributed by atoms with Crippen LogP contribution >= 0.6 is 11.3 Å². The molecule has 1 aliphatic heterocycles. The number of anilines is 2. The molecule has 1 aromatic carbocycles. The van der Waals surface area contributed by atoms with Crippen molar-refractivity contribution in [2.45, 2.75) is 20.3 Å². The zero-order chi connectivity index (χ0) is 20.1. The van der Waals surface area contributed by atoms with Gasteiger partial charge in [-0.05, 0) is 19.4 Å². The summed E-state index contributed by atoms with van der Waals surface area (Å²) in [4.78, 5) is 11.5. The van der Waals surface area contributed by atoms with Crippen molar-refractivity contribution in [2.75, 3.05) is 36.6 Å². The van der Waals surface area contributed by atoms with Crippen LogP contribution in [0.2, 0.25) is 0 Å². The van der Waals surface area contributed by atoms with Crippen LogP contribution < -0.4 is 10.3 Å². The molecule has 0 saturated carbocycles. The molecule has 0 spiro atoms. The molecule has 4 rings (SSSR count). The first kappa shape index (κ1) is 19.4. The molecule has 0 radical (unpaired) electrons. The Labute approximate surface area is 173 Å². The van der Waals surface area contributed by atoms with Gasteiger partial charge in [-0.15, -0.1) is 21.5 Å². The molecule has 0 atom stereocenters. The van der Waals surface area contributed by atoms with Crippen LogP contribution in [0.1, 0.15) is 26.8 Å². The van der Waals surface area contributed by atoms with Crippen LogP contribution in [0.4, 0.5) is 11.8 Å². The van der Waals surface area contributed by atoms with Crippen LogP contribution in [0.5, 0.6) is 0 Å². The van der Waals surface area contributed by atoms with E-state index in [2.05, 4.69) is 54.6 Å². The number of hydrogen-bond donors (Lipinski definition) is 1. The van der Waals surface area contributed by atoms with Crippen molar-refractivity contribution in [2.24, 2.45) is 5.10 Å². The van der Waals surface area contributed by atoms with E-state index in [0.29, 0.717) is 25.6 Å². The Morgan fingerprint density at radius 1 is 1.17 bits per heavy atom. The summed E-state index contributed by atoms with van der Waals surface area (Å²) < 4.78 is 5.46. The number of benzene rings is 1. The second-order valence-electron chi connectivity index (χ2n) is 6.82. The zero-order valence-electron chi connectivity index (χ0n) is 16.5. The number of aromatic nitrogens is 4. The van der Waals surface area contributed by atoms with Gasteiger partial charge in [0.15, 0.2) is 0 Å². The lowest BCUT2D eigenvalue weighted by atomic mass is 10.2. The second kappa shape index (κ2) is 9.06. The molecule has 0 bridgehead atoms. The average Bonchev–Trinajstić information content (AvgIpc) is 3.13. The largest absolute Gasteiger partial charge is 0.378 e. The lowest BCUT2D eigenvalue weighted by Gasteiger charge is -2.28. The highest BCUT2D eigenvalue weighted by molar-refractivity contribution is 7.11. The maximum Gasteiger partial charge on any atom is 0.245 e. The molecule has 1 N–H and O–H groups in total. The molecule has 8 nitrogen and oxygen atoms in total. The summed E-state index contributed by atoms with van der Waals surface area (Å²) in [7, 11) is 0. The van der Waals surface area contributed by atoms with E-state index in [0.717, 1.165) is 40.2 Å². The summed E-state index contributed by atoms with van der Waals surface area (Å²) >= 11 is 1.58. The maximum absolute atomic E-state index is 5.46. The van der Waals surface area contributed by atoms with Crippen LogP contribution in [0.25, 0.3) is 0 Å². The fourth-order valence-corrected chi connectivity index (χ4v) is 3.78. The number of morpholine rings is 1. The van der Waals surface area contributed by atoms with Crippen molar-refractivity contribution < 1.29 is 4.74 Å². The first-order chi connectivity index (χ1) is 14.2. The molecule has 1 aliphatic rings. The molecule has 29 heavy (non-hydrogen) atoms. The van der Waals surface area contributed by atoms with Crippen molar-refractivity contribution >= 4 is 29.3 Å². The van der Waals surface area contributed by atoms with Gasteiger partial charge in [-0.2, -0.15) is 10.1 Å². The van der Waals surface area contributed by atoms with Crippen molar-refractivity contribution in [1.82, 2.24) is 20.2 Å². The Bertz CT molecular complexity index is 998. The summed E-state index contributed by atoms with van der Waals surface area (Å²) in [6, 6.07) is 10.2. The Balaban J connectivity index is 1.56. The molecule has 0 aliphatic carbocycles. The number of ether oxygens (including phenoxy) is 1. The zero-order valence-corrected chi connectivity index (χ0v) is 17.3. The van der Waals surface area contributed by atoms with Gasteiger partial charge < -0.3 is 9.64 Å². The van der Waals surface area contributed by atoms with Crippen molar-refractivity contribution in [3.05, 3.63) is 57.2 Å². The minimum atomic E-state index is 0.467. The predicted molar refractivity (Wildman–Crippen MR) is 115 cm³/mol. The standard InChI is InChI=1S/C20H23N7OS/c1-14-4-3-5-16(10-14)13-21-26-20-22-17(12-19-25-24-15(2)29-19)11-18(23-20)27-6-8-28-9-7-27/h3-5,10-11,13H,6-9,12H2,1-2H3,(H,22,23,26)/b21-13+. The second-order valence-corrected chi connectivity index (χ2v) is 8.08. The SMILES string of the molecule is Cc1cccc(/C=N/Nc2nc(Cc3nnc(C)s3)cc(N3CCOCC3)n2)c1. The van der Waals surface area contributed by atoms with Crippen molar-refractivity contribution in [3.8, 4) is 0 Å². The highest BCUT2D eigenvalue weighted by Crippen LogP contribution is 2.20. The Morgan fingerprint density at radius 3 is 2.79 bits per heavy atom. The Kier molecular flexibility index (Phi) is 6.06. The lowest BCUT2D eigenvalue weighted by Crippen LogP contribution is -2.37. The number of hydrazone groups is 1. The molecule has 0 amide bonds. The van der Waals surface area contributed by atoms with Crippen molar-refractivity contribution in [1.29, 1.82) is 0 Å². The summed E-state index contributed by atoms with van der Waals surface area (Å²) in [5, 5.41) is 14.5. The van der Waals surface area contributed by atoms with E-state index in [4.69, 9.17) is 4.74 Å². The molecular weight excluding hydrogens is 386 g/mol. The minimum absolute atomic E-state index is 0.467. The molecule has 9 heteroatoms. The Hall–Kier alpha value is -2.91. The molecule has 1 fully saturated rings. The summed E-state index contributed by atoms with van der Waals surface area (Å²) in [5.74, 6) is 1.34. The fraction of sp³-hybridized carbons (Fsp3) is 0.350. The number of hydrogen-bond acceptors (Lipinski definition) is 9. The number of nitrogens with zero attached hydrogens (tertiary/aromatic N) is 6. The number of nitrogens with one attached hydrogen (secondary N) is 1. The molecule has 2 aromatic heterocycles. The van der Waals surface area contributed by atoms with Crippen LogP contribution in [0, 0.1) is 13.8 Å². The molecule has 3 heterocycles. The van der Waals surface area contributed by atoms with E-state index in [1.165, 1.54) is 5.56 Å². The first-order valence-electron chi connectivity index (χ1n) is 9.51. The molecule has 150 valence electrons. The summed E-state index contributed by atoms with van der Waals surface area (Å²) in [5.41, 5.74) is 6.07. The minimum Gasteiger partial charge on any atom is -0.378 e. The summed E-state index contributed by atoms with van der Waals surface area (Å²) in [6.45, 7) is 7.02. The van der Waals surface area contributed by atoms with Gasteiger partial charge in [0, 0.05) is 25.6 Å². The topological polar surface area (TPSA) is 88.4 Å². The van der Waals surface area contributed by atoms with Gasteiger partial charge in [0.25, 0.3) is 0 Å². The molecule has 1 saturated heterocycles. The molecular formula is C20H23N7OS. The van der Waals surface area contributed by atoms with E-state index < -0.39 is 0 Å². The monoisotopic (exact) mass is 409 g/mol. The van der Waals surface area contributed by atoms with E-state index in [1.54, 1.807) is 17.6 Å². The van der Waals surface area contributed by atoms with Gasteiger partial charge in [0.05, 0.1) is 25.1 Å². The van der Waals surface area contributed by atoms with Gasteiger partial charge in [0.1, 0.15) is 15.8 Å². The van der Waals surface area contributed by atoms with E-state index in [-0.39, 0.29) is 0 Å². The highest BCUT2D eigenvalue weighted by atomic mass is 32.1. The number of aryl methyl sites for hydroxylation is 2. The average molecular weight is 410 g/mol. The number of rotatable bonds is 6. The van der Waals surface area contributed by atoms with E-state index in [1.807, 2.05) is 25.1 Å². The van der Waals surface area contributed by atoms with Gasteiger partial charge in [-0.25, -0.2) is 10.4 Å². The van der Waals surface area contributed by atoms with Crippen LogP contribution in [-0.2, 0) is 11.2 Å². The Morgan fingerprint density at radius 2 is 2.03 bits per heavy atom. The maximum atomic E-state index is 5.46. The quantitative estimate of drug-likeness (QED) is 0.495. The van der Waals surface area contributed by atoms with E-state index >= 15 is 0 Å². The predicted octanol–water partition coefficient (Wildman–Crippen LogP) is 2.82. The normalized spacial score (nSPS) is 14.5. The molecule has 0 unspecified atom stereocenters. The van der Waals surface area contributed by atoms with Gasteiger partial charge >= 0.3 is 0 Å².